The van der Waals surface area contributed by atoms with Gasteiger partial charge in [-0.15, -0.1) is 11.3 Å². The molecule has 4 rings (SSSR count). The van der Waals surface area contributed by atoms with E-state index in [9.17, 15) is 4.79 Å². The minimum absolute atomic E-state index is 0.158. The zero-order valence-electron chi connectivity index (χ0n) is 15.9. The van der Waals surface area contributed by atoms with Gasteiger partial charge in [-0.25, -0.2) is 4.98 Å². The molecular formula is C22H25N3OS. The summed E-state index contributed by atoms with van der Waals surface area (Å²) in [6.07, 6.45) is 7.01. The summed E-state index contributed by atoms with van der Waals surface area (Å²) in [6, 6.07) is 8.17. The van der Waals surface area contributed by atoms with Crippen molar-refractivity contribution in [3.63, 3.8) is 0 Å². The van der Waals surface area contributed by atoms with Crippen molar-refractivity contribution in [3.05, 3.63) is 51.5 Å². The molecule has 140 valence electrons. The summed E-state index contributed by atoms with van der Waals surface area (Å²) in [5.74, 6) is -0.158. The van der Waals surface area contributed by atoms with E-state index >= 15 is 0 Å². The van der Waals surface area contributed by atoms with Gasteiger partial charge in [-0.05, 0) is 62.8 Å². The normalized spacial score (nSPS) is 14.4. The smallest absolute Gasteiger partial charge is 0.267 e. The topological polar surface area (TPSA) is 68.0 Å². The number of carbonyl (C=O) groups is 1. The second-order valence-electron chi connectivity index (χ2n) is 7.48. The minimum Gasteiger partial charge on any atom is -0.397 e. The first-order valence-corrected chi connectivity index (χ1v) is 10.4. The van der Waals surface area contributed by atoms with Gasteiger partial charge in [0.05, 0.1) is 5.69 Å². The highest BCUT2D eigenvalue weighted by Gasteiger charge is 2.20. The Morgan fingerprint density at radius 2 is 1.89 bits per heavy atom. The summed E-state index contributed by atoms with van der Waals surface area (Å²) >= 11 is 1.40. The molecule has 0 saturated carbocycles. The number of carbonyl (C=O) groups excluding carboxylic acids is 1. The van der Waals surface area contributed by atoms with E-state index in [4.69, 9.17) is 10.7 Å². The van der Waals surface area contributed by atoms with Crippen LogP contribution in [0.2, 0.25) is 0 Å². The predicted octanol–water partition coefficient (Wildman–Crippen LogP) is 5.41. The van der Waals surface area contributed by atoms with Crippen molar-refractivity contribution in [1.29, 1.82) is 0 Å². The largest absolute Gasteiger partial charge is 0.397 e. The predicted molar refractivity (Wildman–Crippen MR) is 114 cm³/mol. The maximum Gasteiger partial charge on any atom is 0.267 e. The first kappa shape index (κ1) is 18.0. The van der Waals surface area contributed by atoms with E-state index < -0.39 is 0 Å². The lowest BCUT2D eigenvalue weighted by Crippen LogP contribution is -2.12. The first-order valence-electron chi connectivity index (χ1n) is 9.62. The molecule has 0 bridgehead atoms. The monoisotopic (exact) mass is 379 g/mol. The van der Waals surface area contributed by atoms with Crippen LogP contribution >= 0.6 is 11.3 Å². The number of thiophene rings is 1. The molecule has 1 aliphatic rings. The van der Waals surface area contributed by atoms with Crippen LogP contribution in [-0.2, 0) is 12.8 Å². The summed E-state index contributed by atoms with van der Waals surface area (Å²) in [5, 5.41) is 3.93. The molecule has 2 heterocycles. The number of anilines is 2. The van der Waals surface area contributed by atoms with Crippen molar-refractivity contribution in [1.82, 2.24) is 4.98 Å². The summed E-state index contributed by atoms with van der Waals surface area (Å²) < 4.78 is 0. The van der Waals surface area contributed by atoms with Crippen molar-refractivity contribution < 1.29 is 4.79 Å². The quantitative estimate of drug-likeness (QED) is 0.626. The third-order valence-electron chi connectivity index (χ3n) is 5.34. The number of benzene rings is 1. The zero-order chi connectivity index (χ0) is 19.0. The van der Waals surface area contributed by atoms with E-state index in [1.807, 2.05) is 26.0 Å². The van der Waals surface area contributed by atoms with E-state index in [1.165, 1.54) is 53.8 Å². The van der Waals surface area contributed by atoms with E-state index in [0.717, 1.165) is 34.3 Å². The van der Waals surface area contributed by atoms with Gasteiger partial charge in [0.2, 0.25) is 0 Å². The number of nitrogens with two attached hydrogens (primary N) is 1. The SMILES string of the molecule is Cc1ccc(NC(=O)c2sc3nc4c(cc3c2N)CCCCCC4)c(C)c1. The molecule has 3 N–H and O–H groups in total. The van der Waals surface area contributed by atoms with Crippen molar-refractivity contribution in [2.75, 3.05) is 11.1 Å². The van der Waals surface area contributed by atoms with Gasteiger partial charge in [0.15, 0.2) is 0 Å². The van der Waals surface area contributed by atoms with Gasteiger partial charge in [-0.3, -0.25) is 4.79 Å². The van der Waals surface area contributed by atoms with Crippen LogP contribution in [0.25, 0.3) is 10.2 Å². The average Bonchev–Trinajstić information content (AvgIpc) is 2.93. The molecule has 0 spiro atoms. The number of amides is 1. The molecule has 0 fully saturated rings. The Hall–Kier alpha value is -2.40. The Bertz CT molecular complexity index is 1020. The molecule has 3 aromatic rings. The van der Waals surface area contributed by atoms with Crippen LogP contribution in [0.15, 0.2) is 24.3 Å². The molecule has 1 amide bonds. The Morgan fingerprint density at radius 1 is 1.11 bits per heavy atom. The molecule has 0 atom stereocenters. The molecule has 5 heteroatoms. The van der Waals surface area contributed by atoms with Gasteiger partial charge in [0.1, 0.15) is 9.71 Å². The Kier molecular flexibility index (Phi) is 4.87. The number of pyridine rings is 1. The number of nitrogens with zero attached hydrogens (tertiary/aromatic N) is 1. The fourth-order valence-corrected chi connectivity index (χ4v) is 4.81. The number of nitrogen functional groups attached to an aromatic ring is 1. The molecule has 0 radical (unpaired) electrons. The Balaban J connectivity index is 1.69. The summed E-state index contributed by atoms with van der Waals surface area (Å²) in [5.41, 5.74) is 12.4. The fraction of sp³-hybridized carbons (Fsp3) is 0.364. The molecule has 4 nitrogen and oxygen atoms in total. The molecular weight excluding hydrogens is 354 g/mol. The summed E-state index contributed by atoms with van der Waals surface area (Å²) in [4.78, 5) is 19.2. The molecule has 2 aromatic heterocycles. The number of aromatic nitrogens is 1. The molecule has 0 aliphatic heterocycles. The van der Waals surface area contributed by atoms with E-state index in [1.54, 1.807) is 0 Å². The highest BCUT2D eigenvalue weighted by atomic mass is 32.1. The van der Waals surface area contributed by atoms with Crippen molar-refractivity contribution in [2.24, 2.45) is 0 Å². The number of aryl methyl sites for hydroxylation is 4. The lowest BCUT2D eigenvalue weighted by atomic mass is 9.96. The second-order valence-corrected chi connectivity index (χ2v) is 8.48. The summed E-state index contributed by atoms with van der Waals surface area (Å²) in [7, 11) is 0. The molecule has 0 unspecified atom stereocenters. The minimum atomic E-state index is -0.158. The van der Waals surface area contributed by atoms with Crippen LogP contribution < -0.4 is 11.1 Å². The van der Waals surface area contributed by atoms with Crippen LogP contribution in [0.4, 0.5) is 11.4 Å². The lowest BCUT2D eigenvalue weighted by Gasteiger charge is -2.12. The van der Waals surface area contributed by atoms with E-state index in [-0.39, 0.29) is 5.91 Å². The first-order chi connectivity index (χ1) is 13.0. The highest BCUT2D eigenvalue weighted by Crippen LogP contribution is 2.35. The van der Waals surface area contributed by atoms with Crippen molar-refractivity contribution >= 4 is 38.8 Å². The van der Waals surface area contributed by atoms with Crippen LogP contribution in [0.1, 0.15) is 57.7 Å². The Morgan fingerprint density at radius 3 is 2.67 bits per heavy atom. The standard InChI is InChI=1S/C22H25N3OS/c1-13-9-10-17(14(2)11-13)24-21(26)20-19(23)16-12-15-7-5-3-4-6-8-18(15)25-22(16)27-20/h9-12H,3-8,23H2,1-2H3,(H,24,26). The average molecular weight is 380 g/mol. The number of rotatable bonds is 2. The zero-order valence-corrected chi connectivity index (χ0v) is 16.7. The number of hydrogen-bond donors (Lipinski definition) is 2. The van der Waals surface area contributed by atoms with E-state index in [0.29, 0.717) is 10.6 Å². The maximum atomic E-state index is 12.9. The highest BCUT2D eigenvalue weighted by molar-refractivity contribution is 7.21. The van der Waals surface area contributed by atoms with Gasteiger partial charge in [-0.2, -0.15) is 0 Å². The molecule has 0 saturated heterocycles. The number of hydrogen-bond acceptors (Lipinski definition) is 4. The summed E-state index contributed by atoms with van der Waals surface area (Å²) in [6.45, 7) is 4.04. The third-order valence-corrected chi connectivity index (χ3v) is 6.45. The van der Waals surface area contributed by atoms with Crippen LogP contribution in [0.3, 0.4) is 0 Å². The van der Waals surface area contributed by atoms with Crippen molar-refractivity contribution in [3.8, 4) is 0 Å². The van der Waals surface area contributed by atoms with Crippen LogP contribution in [-0.4, -0.2) is 10.9 Å². The van der Waals surface area contributed by atoms with Gasteiger partial charge in [-0.1, -0.05) is 30.5 Å². The Labute approximate surface area is 163 Å². The molecule has 1 aromatic carbocycles. The maximum absolute atomic E-state index is 12.9. The van der Waals surface area contributed by atoms with Gasteiger partial charge < -0.3 is 11.1 Å². The molecule has 27 heavy (non-hydrogen) atoms. The van der Waals surface area contributed by atoms with Crippen molar-refractivity contribution in [2.45, 2.75) is 52.4 Å². The second kappa shape index (κ2) is 7.31. The fourth-order valence-electron chi connectivity index (χ4n) is 3.81. The number of nitrogens with one attached hydrogen (secondary N) is 1. The third kappa shape index (κ3) is 3.56. The lowest BCUT2D eigenvalue weighted by molar-refractivity contribution is 0.103. The van der Waals surface area contributed by atoms with Crippen LogP contribution in [0.5, 0.6) is 0 Å². The molecule has 1 aliphatic carbocycles. The van der Waals surface area contributed by atoms with Gasteiger partial charge >= 0.3 is 0 Å². The number of fused-ring (bicyclic) bond motifs is 2. The van der Waals surface area contributed by atoms with E-state index in [2.05, 4.69) is 17.4 Å². The van der Waals surface area contributed by atoms with Gasteiger partial charge in [0, 0.05) is 16.8 Å². The van der Waals surface area contributed by atoms with Crippen LogP contribution in [0, 0.1) is 13.8 Å². The van der Waals surface area contributed by atoms with Gasteiger partial charge in [0.25, 0.3) is 5.91 Å².